The van der Waals surface area contributed by atoms with Crippen molar-refractivity contribution in [3.63, 3.8) is 0 Å². The summed E-state index contributed by atoms with van der Waals surface area (Å²) >= 11 is 0. The van der Waals surface area contributed by atoms with Gasteiger partial charge in [-0.3, -0.25) is 5.41 Å². The molecule has 0 saturated heterocycles. The van der Waals surface area contributed by atoms with Gasteiger partial charge in [-0.05, 0) is 31.4 Å². The van der Waals surface area contributed by atoms with Gasteiger partial charge in [-0.15, -0.1) is 0 Å². The van der Waals surface area contributed by atoms with Crippen molar-refractivity contribution in [2.75, 3.05) is 11.4 Å². The lowest BCUT2D eigenvalue weighted by molar-refractivity contribution is 0.564. The first kappa shape index (κ1) is 13.8. The number of halogens is 2. The smallest absolute Gasteiger partial charge is 0.150 e. The zero-order valence-corrected chi connectivity index (χ0v) is 11.0. The number of unbranched alkanes of at least 4 members (excludes halogenated alkanes) is 1. The number of nitrogens with one attached hydrogen (secondary N) is 1. The second-order valence-corrected chi connectivity index (χ2v) is 4.98. The molecule has 0 amide bonds. The number of nitrogens with two attached hydrogens (primary N) is 1. The monoisotopic (exact) mass is 267 g/mol. The molecular weight excluding hydrogens is 248 g/mol. The van der Waals surface area contributed by atoms with Gasteiger partial charge in [0.25, 0.3) is 0 Å². The van der Waals surface area contributed by atoms with E-state index < -0.39 is 11.6 Å². The number of rotatable bonds is 6. The topological polar surface area (TPSA) is 53.1 Å². The molecule has 1 fully saturated rings. The number of hydrogen-bond donors (Lipinski definition) is 2. The molecule has 0 bridgehead atoms. The molecule has 1 aromatic rings. The Bertz CT molecular complexity index is 461. The molecule has 104 valence electrons. The first-order chi connectivity index (χ1) is 9.04. The first-order valence-corrected chi connectivity index (χ1v) is 6.64. The summed E-state index contributed by atoms with van der Waals surface area (Å²) in [6, 6.07) is 2.53. The number of anilines is 1. The van der Waals surface area contributed by atoms with Gasteiger partial charge in [0.2, 0.25) is 0 Å². The van der Waals surface area contributed by atoms with Crippen LogP contribution in [0.5, 0.6) is 0 Å². The lowest BCUT2D eigenvalue weighted by Gasteiger charge is -2.25. The van der Waals surface area contributed by atoms with Crippen LogP contribution in [0.4, 0.5) is 14.5 Å². The molecule has 3 nitrogen and oxygen atoms in total. The van der Waals surface area contributed by atoms with Gasteiger partial charge in [0.1, 0.15) is 23.2 Å². The standard InChI is InChI=1S/C14H19F2N3/c1-2-3-6-19(10-4-5-10)13-11(15)7-9(14(17)18)8-12(13)16/h7-8,10H,2-6H2,1H3,(H3,17,18). The Morgan fingerprint density at radius 2 is 1.95 bits per heavy atom. The molecule has 1 saturated carbocycles. The van der Waals surface area contributed by atoms with E-state index in [9.17, 15) is 8.78 Å². The van der Waals surface area contributed by atoms with E-state index in [-0.39, 0.29) is 23.1 Å². The third-order valence-electron chi connectivity index (χ3n) is 3.36. The van der Waals surface area contributed by atoms with Gasteiger partial charge in [-0.2, -0.15) is 0 Å². The third-order valence-corrected chi connectivity index (χ3v) is 3.36. The van der Waals surface area contributed by atoms with Crippen LogP contribution in [-0.4, -0.2) is 18.4 Å². The zero-order chi connectivity index (χ0) is 14.0. The molecule has 0 aromatic heterocycles. The fourth-order valence-electron chi connectivity index (χ4n) is 2.19. The molecule has 2 rings (SSSR count). The van der Waals surface area contributed by atoms with Gasteiger partial charge in [-0.1, -0.05) is 13.3 Å². The zero-order valence-electron chi connectivity index (χ0n) is 11.0. The van der Waals surface area contributed by atoms with Gasteiger partial charge in [-0.25, -0.2) is 8.78 Å². The molecule has 0 aliphatic heterocycles. The average molecular weight is 267 g/mol. The Kier molecular flexibility index (Phi) is 4.02. The summed E-state index contributed by atoms with van der Waals surface area (Å²) in [5.41, 5.74) is 5.38. The Morgan fingerprint density at radius 3 is 2.37 bits per heavy atom. The van der Waals surface area contributed by atoms with Gasteiger partial charge in [0.05, 0.1) is 0 Å². The van der Waals surface area contributed by atoms with E-state index in [4.69, 9.17) is 11.1 Å². The van der Waals surface area contributed by atoms with E-state index in [0.29, 0.717) is 6.54 Å². The van der Waals surface area contributed by atoms with Crippen molar-refractivity contribution in [3.05, 3.63) is 29.3 Å². The fraction of sp³-hybridized carbons (Fsp3) is 0.500. The number of nitrogens with zero attached hydrogens (tertiary/aromatic N) is 1. The van der Waals surface area contributed by atoms with Crippen molar-refractivity contribution in [2.45, 2.75) is 38.6 Å². The molecule has 5 heteroatoms. The van der Waals surface area contributed by atoms with Crippen LogP contribution in [0.15, 0.2) is 12.1 Å². The van der Waals surface area contributed by atoms with E-state index in [0.717, 1.165) is 37.8 Å². The minimum atomic E-state index is -0.631. The third kappa shape index (κ3) is 3.03. The van der Waals surface area contributed by atoms with E-state index in [1.165, 1.54) is 0 Å². The van der Waals surface area contributed by atoms with Crippen LogP contribution in [0.2, 0.25) is 0 Å². The second-order valence-electron chi connectivity index (χ2n) is 4.98. The highest BCUT2D eigenvalue weighted by atomic mass is 19.1. The fourth-order valence-corrected chi connectivity index (χ4v) is 2.19. The number of hydrogen-bond acceptors (Lipinski definition) is 2. The molecule has 19 heavy (non-hydrogen) atoms. The number of amidine groups is 1. The van der Waals surface area contributed by atoms with E-state index >= 15 is 0 Å². The van der Waals surface area contributed by atoms with Crippen molar-refractivity contribution < 1.29 is 8.78 Å². The summed E-state index contributed by atoms with van der Waals surface area (Å²) < 4.78 is 28.2. The number of nitrogen functional groups attached to an aromatic ring is 1. The van der Waals surface area contributed by atoms with Crippen molar-refractivity contribution in [2.24, 2.45) is 5.73 Å². The average Bonchev–Trinajstić information content (AvgIpc) is 3.16. The van der Waals surface area contributed by atoms with E-state index in [2.05, 4.69) is 6.92 Å². The van der Waals surface area contributed by atoms with Crippen LogP contribution in [-0.2, 0) is 0 Å². The normalized spacial score (nSPS) is 14.5. The van der Waals surface area contributed by atoms with Gasteiger partial charge in [0, 0.05) is 18.2 Å². The van der Waals surface area contributed by atoms with Gasteiger partial charge < -0.3 is 10.6 Å². The summed E-state index contributed by atoms with van der Waals surface area (Å²) in [6.07, 6.45) is 3.86. The highest BCUT2D eigenvalue weighted by Gasteiger charge is 2.32. The maximum atomic E-state index is 14.1. The molecule has 0 radical (unpaired) electrons. The Morgan fingerprint density at radius 1 is 1.37 bits per heavy atom. The SMILES string of the molecule is CCCCN(c1c(F)cc(C(=N)N)cc1F)C1CC1. The quantitative estimate of drug-likeness (QED) is 0.615. The van der Waals surface area contributed by atoms with Crippen molar-refractivity contribution in [3.8, 4) is 0 Å². The maximum Gasteiger partial charge on any atom is 0.150 e. The molecule has 0 atom stereocenters. The maximum absolute atomic E-state index is 14.1. The summed E-state index contributed by atoms with van der Waals surface area (Å²) in [5, 5.41) is 7.25. The largest absolute Gasteiger partial charge is 0.384 e. The van der Waals surface area contributed by atoms with Crippen LogP contribution in [0.1, 0.15) is 38.2 Å². The second kappa shape index (κ2) is 5.55. The molecule has 1 aliphatic rings. The van der Waals surface area contributed by atoms with Crippen LogP contribution < -0.4 is 10.6 Å². The lowest BCUT2D eigenvalue weighted by Crippen LogP contribution is -2.29. The predicted octanol–water partition coefficient (Wildman–Crippen LogP) is 3.02. The summed E-state index contributed by atoms with van der Waals surface area (Å²) in [6.45, 7) is 2.71. The molecule has 3 N–H and O–H groups in total. The van der Waals surface area contributed by atoms with Crippen LogP contribution in [0.25, 0.3) is 0 Å². The Balaban J connectivity index is 2.33. The molecule has 0 unspecified atom stereocenters. The van der Waals surface area contributed by atoms with E-state index in [1.807, 2.05) is 4.90 Å². The first-order valence-electron chi connectivity index (χ1n) is 6.64. The minimum absolute atomic E-state index is 0.0287. The summed E-state index contributed by atoms with van der Waals surface area (Å²) in [5.74, 6) is -1.59. The molecule has 0 heterocycles. The predicted molar refractivity (Wildman–Crippen MR) is 72.7 cm³/mol. The Hall–Kier alpha value is -1.65. The molecule has 1 aliphatic carbocycles. The molecular formula is C14H19F2N3. The Labute approximate surface area is 111 Å². The van der Waals surface area contributed by atoms with Crippen LogP contribution in [0.3, 0.4) is 0 Å². The van der Waals surface area contributed by atoms with E-state index in [1.54, 1.807) is 0 Å². The van der Waals surface area contributed by atoms with Crippen molar-refractivity contribution in [1.82, 2.24) is 0 Å². The highest BCUT2D eigenvalue weighted by Crippen LogP contribution is 2.35. The summed E-state index contributed by atoms with van der Waals surface area (Å²) in [4.78, 5) is 1.82. The minimum Gasteiger partial charge on any atom is -0.384 e. The molecule has 1 aromatic carbocycles. The van der Waals surface area contributed by atoms with Gasteiger partial charge >= 0.3 is 0 Å². The van der Waals surface area contributed by atoms with Crippen molar-refractivity contribution in [1.29, 1.82) is 5.41 Å². The summed E-state index contributed by atoms with van der Waals surface area (Å²) in [7, 11) is 0. The number of benzene rings is 1. The van der Waals surface area contributed by atoms with Crippen LogP contribution in [0, 0.1) is 17.0 Å². The highest BCUT2D eigenvalue weighted by molar-refractivity contribution is 5.95. The lowest BCUT2D eigenvalue weighted by atomic mass is 10.1. The van der Waals surface area contributed by atoms with Gasteiger partial charge in [0.15, 0.2) is 0 Å². The van der Waals surface area contributed by atoms with Crippen molar-refractivity contribution >= 4 is 11.5 Å². The molecule has 0 spiro atoms. The van der Waals surface area contributed by atoms with Crippen LogP contribution >= 0.6 is 0 Å².